The number of aryl methyl sites for hydroxylation is 1. The number of ether oxygens (including phenoxy) is 1. The van der Waals surface area contributed by atoms with E-state index in [-0.39, 0.29) is 21.6 Å². The zero-order valence-corrected chi connectivity index (χ0v) is 10.1. The van der Waals surface area contributed by atoms with Crippen LogP contribution in [0.5, 0.6) is 5.75 Å². The molecule has 1 aromatic rings. The molecule has 0 aliphatic heterocycles. The molecule has 0 heterocycles. The summed E-state index contributed by atoms with van der Waals surface area (Å²) in [7, 11) is 1.70. The number of alkyl halides is 1. The molecule has 0 aliphatic carbocycles. The molecule has 0 aromatic heterocycles. The Morgan fingerprint density at radius 2 is 1.92 bits per heavy atom. The van der Waals surface area contributed by atoms with Crippen LogP contribution >= 0.6 is 0 Å². The van der Waals surface area contributed by atoms with Gasteiger partial charge in [-0.3, -0.25) is 0 Å². The normalized spacial score (nSPS) is 10.3. The van der Waals surface area contributed by atoms with Crippen LogP contribution in [-0.4, -0.2) is 11.7 Å². The van der Waals surface area contributed by atoms with Crippen LogP contribution in [0.4, 0.5) is 0 Å². The molecule has 2 nitrogen and oxygen atoms in total. The molecule has 1 rings (SSSR count). The maximum absolute atomic E-state index is 5.53. The van der Waals surface area contributed by atoms with Crippen molar-refractivity contribution in [2.75, 3.05) is 11.7 Å². The van der Waals surface area contributed by atoms with E-state index in [0.29, 0.717) is 0 Å². The molecule has 0 N–H and O–H groups in total. The Bertz CT molecular complexity index is 233. The topological polar surface area (TPSA) is 18.5 Å². The van der Waals surface area contributed by atoms with Crippen LogP contribution in [0.3, 0.4) is 0 Å². The molecule has 0 bridgehead atoms. The quantitative estimate of drug-likeness (QED) is 0.403. The van der Waals surface area contributed by atoms with Crippen LogP contribution in [0, 0.1) is 0 Å². The number of benzene rings is 1. The van der Waals surface area contributed by atoms with Gasteiger partial charge in [0.05, 0.1) is 0 Å². The molecule has 0 unspecified atom stereocenters. The van der Waals surface area contributed by atoms with Gasteiger partial charge in [-0.2, -0.15) is 0 Å². The predicted octanol–water partition coefficient (Wildman–Crippen LogP) is -0.764. The van der Waals surface area contributed by atoms with E-state index in [1.54, 1.807) is 7.11 Å². The minimum absolute atomic E-state index is 0.290. The number of halogens is 1. The van der Waals surface area contributed by atoms with Gasteiger partial charge in [0, 0.05) is 0 Å². The SMILES string of the molecule is CCc1ccc(O[I-]COC)cc1. The molecule has 1 aromatic carbocycles. The predicted molar refractivity (Wildman–Crippen MR) is 48.3 cm³/mol. The second kappa shape index (κ2) is 6.21. The van der Waals surface area contributed by atoms with Crippen LogP contribution in [0.1, 0.15) is 12.5 Å². The van der Waals surface area contributed by atoms with Crippen molar-refractivity contribution in [1.29, 1.82) is 0 Å². The summed E-state index contributed by atoms with van der Waals surface area (Å²) in [6.07, 6.45) is 1.08. The van der Waals surface area contributed by atoms with E-state index in [1.165, 1.54) is 5.56 Å². The standard InChI is InChI=1S/C10H14IO2/c1-3-9-4-6-10(7-5-9)13-11-8-12-2/h4-7H,3,8H2,1-2H3/q-1. The summed E-state index contributed by atoms with van der Waals surface area (Å²) in [5.74, 6) is 0.960. The fourth-order valence-electron chi connectivity index (χ4n) is 0.906. The summed E-state index contributed by atoms with van der Waals surface area (Å²) < 4.78 is 11.2. The van der Waals surface area contributed by atoms with Crippen LogP contribution in [0.2, 0.25) is 0 Å². The average Bonchev–Trinajstić information content (AvgIpc) is 2.19. The Hall–Kier alpha value is -0.290. The number of methoxy groups -OCH3 is 1. The second-order valence-electron chi connectivity index (χ2n) is 2.58. The molecule has 13 heavy (non-hydrogen) atoms. The molecule has 0 fully saturated rings. The summed E-state index contributed by atoms with van der Waals surface area (Å²) in [4.78, 5) is 0. The molecule has 74 valence electrons. The van der Waals surface area contributed by atoms with E-state index in [1.807, 2.05) is 12.1 Å². The van der Waals surface area contributed by atoms with E-state index in [9.17, 15) is 0 Å². The summed E-state index contributed by atoms with van der Waals surface area (Å²) in [5, 5.41) is 0. The molecule has 0 saturated heterocycles. The van der Waals surface area contributed by atoms with Gasteiger partial charge in [0.2, 0.25) is 0 Å². The summed E-state index contributed by atoms with van der Waals surface area (Å²) >= 11 is -0.290. The van der Waals surface area contributed by atoms with Crippen molar-refractivity contribution < 1.29 is 29.4 Å². The van der Waals surface area contributed by atoms with Crippen LogP contribution in [0.15, 0.2) is 24.3 Å². The monoisotopic (exact) mass is 293 g/mol. The molecule has 3 heteroatoms. The van der Waals surface area contributed by atoms with E-state index < -0.39 is 0 Å². The summed E-state index contributed by atoms with van der Waals surface area (Å²) in [5.41, 5.74) is 1.34. The Kier molecular flexibility index (Phi) is 5.15. The third-order valence-corrected chi connectivity index (χ3v) is 3.33. The van der Waals surface area contributed by atoms with Crippen molar-refractivity contribution in [3.8, 4) is 5.75 Å². The van der Waals surface area contributed by atoms with Gasteiger partial charge >= 0.3 is 90.1 Å². The van der Waals surface area contributed by atoms with Crippen molar-refractivity contribution in [3.63, 3.8) is 0 Å². The molecule has 0 amide bonds. The third-order valence-electron chi connectivity index (χ3n) is 1.63. The molecular weight excluding hydrogens is 279 g/mol. The third kappa shape index (κ3) is 3.95. The first-order chi connectivity index (χ1) is 6.36. The van der Waals surface area contributed by atoms with Gasteiger partial charge in [0.25, 0.3) is 0 Å². The van der Waals surface area contributed by atoms with Gasteiger partial charge in [-0.15, -0.1) is 0 Å². The first-order valence-corrected chi connectivity index (χ1v) is 6.61. The molecular formula is C10H14IO2-. The van der Waals surface area contributed by atoms with Gasteiger partial charge in [-0.05, 0) is 0 Å². The molecule has 0 aliphatic rings. The van der Waals surface area contributed by atoms with Gasteiger partial charge in [0.1, 0.15) is 0 Å². The number of hydrogen-bond acceptors (Lipinski definition) is 2. The van der Waals surface area contributed by atoms with Gasteiger partial charge in [0.15, 0.2) is 0 Å². The first kappa shape index (κ1) is 10.8. The van der Waals surface area contributed by atoms with Crippen molar-refractivity contribution in [2.45, 2.75) is 13.3 Å². The Labute approximate surface area is 90.1 Å². The number of hydrogen-bond donors (Lipinski definition) is 0. The fourth-order valence-corrected chi connectivity index (χ4v) is 1.94. The van der Waals surface area contributed by atoms with E-state index in [0.717, 1.165) is 16.8 Å². The van der Waals surface area contributed by atoms with Crippen molar-refractivity contribution in [1.82, 2.24) is 0 Å². The molecule has 0 spiro atoms. The van der Waals surface area contributed by atoms with Crippen LogP contribution in [0.25, 0.3) is 0 Å². The Balaban J connectivity index is 2.40. The first-order valence-electron chi connectivity index (χ1n) is 4.20. The molecule has 0 saturated carbocycles. The van der Waals surface area contributed by atoms with Crippen LogP contribution in [-0.2, 0) is 11.2 Å². The molecule has 0 atom stereocenters. The maximum atomic E-state index is 5.53. The molecule has 0 radical (unpaired) electrons. The van der Waals surface area contributed by atoms with Crippen LogP contribution < -0.4 is 24.7 Å². The Morgan fingerprint density at radius 3 is 2.46 bits per heavy atom. The van der Waals surface area contributed by atoms with Crippen molar-refractivity contribution >= 4 is 0 Å². The zero-order valence-electron chi connectivity index (χ0n) is 7.92. The zero-order chi connectivity index (χ0) is 9.52. The van der Waals surface area contributed by atoms with Crippen molar-refractivity contribution in [2.24, 2.45) is 0 Å². The van der Waals surface area contributed by atoms with Crippen molar-refractivity contribution in [3.05, 3.63) is 29.8 Å². The summed E-state index contributed by atoms with van der Waals surface area (Å²) in [6.45, 7) is 2.15. The van der Waals surface area contributed by atoms with E-state index >= 15 is 0 Å². The summed E-state index contributed by atoms with van der Waals surface area (Å²) in [6, 6.07) is 8.25. The second-order valence-corrected chi connectivity index (χ2v) is 4.27. The van der Waals surface area contributed by atoms with Gasteiger partial charge in [-0.25, -0.2) is 0 Å². The van der Waals surface area contributed by atoms with E-state index in [2.05, 4.69) is 19.1 Å². The van der Waals surface area contributed by atoms with E-state index in [4.69, 9.17) is 7.80 Å². The Morgan fingerprint density at radius 1 is 1.23 bits per heavy atom. The van der Waals surface area contributed by atoms with Gasteiger partial charge in [-0.1, -0.05) is 0 Å². The minimum atomic E-state index is -0.290. The fraction of sp³-hybridized carbons (Fsp3) is 0.400. The number of rotatable bonds is 5. The van der Waals surface area contributed by atoms with Gasteiger partial charge < -0.3 is 0 Å². The average molecular weight is 293 g/mol.